The van der Waals surface area contributed by atoms with Gasteiger partial charge in [-0.1, -0.05) is 40.9 Å². The zero-order valence-corrected chi connectivity index (χ0v) is 10.1. The molecule has 0 N–H and O–H groups in total. The van der Waals surface area contributed by atoms with E-state index in [1.165, 1.54) is 12.3 Å². The van der Waals surface area contributed by atoms with E-state index >= 15 is 0 Å². The highest BCUT2D eigenvalue weighted by Gasteiger charge is 2.14. The van der Waals surface area contributed by atoms with Crippen molar-refractivity contribution in [3.63, 3.8) is 0 Å². The third kappa shape index (κ3) is 2.14. The van der Waals surface area contributed by atoms with Gasteiger partial charge in [0.05, 0.1) is 15.1 Å². The van der Waals surface area contributed by atoms with E-state index in [2.05, 4.69) is 4.98 Å². The fourth-order valence-corrected chi connectivity index (χ4v) is 2.04. The van der Waals surface area contributed by atoms with Crippen LogP contribution in [0.3, 0.4) is 0 Å². The van der Waals surface area contributed by atoms with Crippen LogP contribution in [-0.4, -0.2) is 4.98 Å². The average Bonchev–Trinajstić information content (AvgIpc) is 2.20. The van der Waals surface area contributed by atoms with E-state index in [1.54, 1.807) is 18.2 Å². The lowest BCUT2D eigenvalue weighted by atomic mass is 10.1. The Morgan fingerprint density at radius 2 is 1.69 bits per heavy atom. The highest BCUT2D eigenvalue weighted by Crippen LogP contribution is 2.35. The number of halogens is 4. The molecule has 16 heavy (non-hydrogen) atoms. The van der Waals surface area contributed by atoms with Gasteiger partial charge in [-0.05, 0) is 18.2 Å². The van der Waals surface area contributed by atoms with Gasteiger partial charge in [0.25, 0.3) is 0 Å². The van der Waals surface area contributed by atoms with Crippen LogP contribution in [0.15, 0.2) is 30.5 Å². The summed E-state index contributed by atoms with van der Waals surface area (Å²) in [5.74, 6) is -0.553. The van der Waals surface area contributed by atoms with Crippen LogP contribution in [0, 0.1) is 5.82 Å². The molecular formula is C11H5Cl3FN. The second-order valence-corrected chi connectivity index (χ2v) is 4.33. The van der Waals surface area contributed by atoms with E-state index in [-0.39, 0.29) is 10.7 Å². The first-order chi connectivity index (χ1) is 7.59. The first kappa shape index (κ1) is 11.6. The Hall–Kier alpha value is -0.830. The fraction of sp³-hybridized carbons (Fsp3) is 0. The minimum absolute atomic E-state index is 0.0972. The summed E-state index contributed by atoms with van der Waals surface area (Å²) in [7, 11) is 0. The molecule has 5 heteroatoms. The maximum Gasteiger partial charge on any atom is 0.151 e. The summed E-state index contributed by atoms with van der Waals surface area (Å²) in [5.41, 5.74) is 0.472. The van der Waals surface area contributed by atoms with Gasteiger partial charge in [-0.2, -0.15) is 0 Å². The number of hydrogen-bond donors (Lipinski definition) is 0. The van der Waals surface area contributed by atoms with Gasteiger partial charge in [-0.25, -0.2) is 4.39 Å². The van der Waals surface area contributed by atoms with Crippen molar-refractivity contribution in [1.29, 1.82) is 0 Å². The first-order valence-corrected chi connectivity index (χ1v) is 5.48. The second kappa shape index (κ2) is 4.58. The predicted octanol–water partition coefficient (Wildman–Crippen LogP) is 4.85. The molecular weight excluding hydrogens is 271 g/mol. The number of rotatable bonds is 1. The van der Waals surface area contributed by atoms with Crippen LogP contribution in [0.1, 0.15) is 0 Å². The van der Waals surface area contributed by atoms with Crippen molar-refractivity contribution in [2.45, 2.75) is 0 Å². The highest BCUT2D eigenvalue weighted by molar-refractivity contribution is 6.39. The molecule has 1 aromatic heterocycles. The van der Waals surface area contributed by atoms with Crippen molar-refractivity contribution >= 4 is 34.8 Å². The van der Waals surface area contributed by atoms with Gasteiger partial charge >= 0.3 is 0 Å². The Kier molecular flexibility index (Phi) is 3.33. The van der Waals surface area contributed by atoms with Crippen molar-refractivity contribution in [2.75, 3.05) is 0 Å². The molecule has 0 bridgehead atoms. The van der Waals surface area contributed by atoms with Crippen LogP contribution in [-0.2, 0) is 0 Å². The molecule has 0 aliphatic heterocycles. The Morgan fingerprint density at radius 3 is 2.25 bits per heavy atom. The molecule has 0 aliphatic carbocycles. The third-order valence-electron chi connectivity index (χ3n) is 2.01. The lowest BCUT2D eigenvalue weighted by Gasteiger charge is -2.07. The molecule has 0 radical (unpaired) electrons. The predicted molar refractivity (Wildman–Crippen MR) is 64.7 cm³/mol. The maximum absolute atomic E-state index is 13.6. The minimum atomic E-state index is -0.553. The molecule has 1 heterocycles. The summed E-state index contributed by atoms with van der Waals surface area (Å²) in [6.07, 6.45) is 1.35. The Bertz CT molecular complexity index is 522. The zero-order chi connectivity index (χ0) is 11.7. The van der Waals surface area contributed by atoms with E-state index in [1.807, 2.05) is 0 Å². The van der Waals surface area contributed by atoms with Gasteiger partial charge < -0.3 is 0 Å². The Morgan fingerprint density at radius 1 is 1.06 bits per heavy atom. The molecule has 0 amide bonds. The zero-order valence-electron chi connectivity index (χ0n) is 7.85. The van der Waals surface area contributed by atoms with Crippen LogP contribution in [0.4, 0.5) is 4.39 Å². The average molecular weight is 277 g/mol. The number of hydrogen-bond acceptors (Lipinski definition) is 1. The topological polar surface area (TPSA) is 12.9 Å². The van der Waals surface area contributed by atoms with Gasteiger partial charge in [0, 0.05) is 11.8 Å². The van der Waals surface area contributed by atoms with Crippen molar-refractivity contribution in [3.05, 3.63) is 51.3 Å². The quantitative estimate of drug-likeness (QED) is 0.725. The van der Waals surface area contributed by atoms with Gasteiger partial charge in [-0.3, -0.25) is 4.98 Å². The summed E-state index contributed by atoms with van der Waals surface area (Å²) >= 11 is 17.5. The highest BCUT2D eigenvalue weighted by atomic mass is 35.5. The Labute approximate surface area is 107 Å². The summed E-state index contributed by atoms with van der Waals surface area (Å²) in [4.78, 5) is 3.89. The fourth-order valence-electron chi connectivity index (χ4n) is 1.32. The lowest BCUT2D eigenvalue weighted by Crippen LogP contribution is -1.91. The number of nitrogens with zero attached hydrogens (tertiary/aromatic N) is 1. The molecule has 0 fully saturated rings. The number of aromatic nitrogens is 1. The largest absolute Gasteiger partial charge is 0.252 e. The van der Waals surface area contributed by atoms with E-state index in [0.29, 0.717) is 15.6 Å². The normalized spacial score (nSPS) is 10.5. The molecule has 0 spiro atoms. The lowest BCUT2D eigenvalue weighted by molar-refractivity contribution is 0.626. The molecule has 1 aromatic carbocycles. The van der Waals surface area contributed by atoms with Gasteiger partial charge in [-0.15, -0.1) is 0 Å². The molecule has 0 atom stereocenters. The molecule has 2 rings (SSSR count). The SMILES string of the molecule is Fc1cc(Cl)cnc1-c1c(Cl)cccc1Cl. The van der Waals surface area contributed by atoms with E-state index in [9.17, 15) is 4.39 Å². The summed E-state index contributed by atoms with van der Waals surface area (Å²) < 4.78 is 13.6. The van der Waals surface area contributed by atoms with E-state index < -0.39 is 5.82 Å². The minimum Gasteiger partial charge on any atom is -0.252 e. The van der Waals surface area contributed by atoms with Crippen molar-refractivity contribution in [2.24, 2.45) is 0 Å². The van der Waals surface area contributed by atoms with Crippen molar-refractivity contribution in [3.8, 4) is 11.3 Å². The summed E-state index contributed by atoms with van der Waals surface area (Å²) in [5, 5.41) is 0.923. The second-order valence-electron chi connectivity index (χ2n) is 3.08. The van der Waals surface area contributed by atoms with E-state index in [4.69, 9.17) is 34.8 Å². The van der Waals surface area contributed by atoms with Crippen molar-refractivity contribution < 1.29 is 4.39 Å². The standard InChI is InChI=1S/C11H5Cl3FN/c12-6-4-9(15)11(16-5-6)10-7(13)2-1-3-8(10)14/h1-5H. The third-order valence-corrected chi connectivity index (χ3v) is 2.84. The van der Waals surface area contributed by atoms with E-state index in [0.717, 1.165) is 0 Å². The Balaban J connectivity index is 2.68. The van der Waals surface area contributed by atoms with Crippen LogP contribution >= 0.6 is 34.8 Å². The molecule has 0 aliphatic rings. The monoisotopic (exact) mass is 275 g/mol. The summed E-state index contributed by atoms with van der Waals surface area (Å²) in [6, 6.07) is 6.10. The van der Waals surface area contributed by atoms with Crippen LogP contribution in [0.5, 0.6) is 0 Å². The molecule has 0 unspecified atom stereocenters. The van der Waals surface area contributed by atoms with Crippen LogP contribution in [0.25, 0.3) is 11.3 Å². The maximum atomic E-state index is 13.6. The first-order valence-electron chi connectivity index (χ1n) is 4.35. The molecule has 1 nitrogen and oxygen atoms in total. The van der Waals surface area contributed by atoms with Gasteiger partial charge in [0.2, 0.25) is 0 Å². The van der Waals surface area contributed by atoms with Crippen molar-refractivity contribution in [1.82, 2.24) is 4.98 Å². The van der Waals surface area contributed by atoms with Crippen LogP contribution < -0.4 is 0 Å². The number of pyridine rings is 1. The summed E-state index contributed by atoms with van der Waals surface area (Å²) in [6.45, 7) is 0. The molecule has 82 valence electrons. The van der Waals surface area contributed by atoms with Gasteiger partial charge in [0.15, 0.2) is 5.82 Å². The molecule has 0 saturated carbocycles. The molecule has 2 aromatic rings. The van der Waals surface area contributed by atoms with Crippen LogP contribution in [0.2, 0.25) is 15.1 Å². The molecule has 0 saturated heterocycles. The van der Waals surface area contributed by atoms with Gasteiger partial charge in [0.1, 0.15) is 5.69 Å². The number of benzene rings is 1. The smallest absolute Gasteiger partial charge is 0.151 e.